The standard InChI is InChI=1S/C12H15N3O3/c1-9-6-10(8-16)7-14-11(9)18-12(17)15-4-2-13-3-5-15/h6-8,13H,2-5H2,1H3. The van der Waals surface area contributed by atoms with Crippen molar-refractivity contribution in [2.45, 2.75) is 6.92 Å². The summed E-state index contributed by atoms with van der Waals surface area (Å²) in [7, 11) is 0. The summed E-state index contributed by atoms with van der Waals surface area (Å²) in [6, 6.07) is 1.64. The summed E-state index contributed by atoms with van der Waals surface area (Å²) >= 11 is 0. The third-order valence-electron chi connectivity index (χ3n) is 2.75. The van der Waals surface area contributed by atoms with E-state index in [9.17, 15) is 9.59 Å². The van der Waals surface area contributed by atoms with Crippen molar-refractivity contribution in [2.75, 3.05) is 26.2 Å². The molecule has 1 aliphatic heterocycles. The number of ether oxygens (including phenoxy) is 1. The van der Waals surface area contributed by atoms with Crippen LogP contribution in [0.25, 0.3) is 0 Å². The van der Waals surface area contributed by atoms with Gasteiger partial charge in [0.2, 0.25) is 5.88 Å². The van der Waals surface area contributed by atoms with Crippen molar-refractivity contribution in [3.63, 3.8) is 0 Å². The third kappa shape index (κ3) is 2.84. The molecule has 0 atom stereocenters. The first-order valence-electron chi connectivity index (χ1n) is 5.80. The minimum Gasteiger partial charge on any atom is -0.391 e. The molecular weight excluding hydrogens is 234 g/mol. The van der Waals surface area contributed by atoms with E-state index in [0.717, 1.165) is 13.1 Å². The first kappa shape index (κ1) is 12.5. The molecule has 0 bridgehead atoms. The van der Waals surface area contributed by atoms with Crippen molar-refractivity contribution >= 4 is 12.4 Å². The average molecular weight is 249 g/mol. The van der Waals surface area contributed by atoms with Gasteiger partial charge in [0.1, 0.15) is 0 Å². The molecule has 1 aliphatic rings. The molecule has 0 aromatic carbocycles. The highest BCUT2D eigenvalue weighted by atomic mass is 16.6. The first-order valence-corrected chi connectivity index (χ1v) is 5.80. The highest BCUT2D eigenvalue weighted by Gasteiger charge is 2.19. The zero-order chi connectivity index (χ0) is 13.0. The first-order chi connectivity index (χ1) is 8.70. The van der Waals surface area contributed by atoms with E-state index < -0.39 is 6.09 Å². The van der Waals surface area contributed by atoms with Crippen LogP contribution in [0.4, 0.5) is 4.79 Å². The molecule has 1 saturated heterocycles. The monoisotopic (exact) mass is 249 g/mol. The van der Waals surface area contributed by atoms with Crippen LogP contribution in [0.3, 0.4) is 0 Å². The molecular formula is C12H15N3O3. The molecule has 1 aromatic heterocycles. The fourth-order valence-corrected chi connectivity index (χ4v) is 1.75. The topological polar surface area (TPSA) is 71.5 Å². The van der Waals surface area contributed by atoms with E-state index in [0.29, 0.717) is 30.5 Å². The van der Waals surface area contributed by atoms with Gasteiger partial charge in [0.25, 0.3) is 0 Å². The fourth-order valence-electron chi connectivity index (χ4n) is 1.75. The lowest BCUT2D eigenvalue weighted by Crippen LogP contribution is -2.47. The second kappa shape index (κ2) is 5.59. The number of aryl methyl sites for hydroxylation is 1. The Kier molecular flexibility index (Phi) is 3.88. The SMILES string of the molecule is Cc1cc(C=O)cnc1OC(=O)N1CCNCC1. The summed E-state index contributed by atoms with van der Waals surface area (Å²) in [6.45, 7) is 4.55. The van der Waals surface area contributed by atoms with Gasteiger partial charge in [0.15, 0.2) is 6.29 Å². The number of amides is 1. The van der Waals surface area contributed by atoms with Crippen molar-refractivity contribution in [2.24, 2.45) is 0 Å². The number of nitrogens with one attached hydrogen (secondary N) is 1. The molecule has 96 valence electrons. The molecule has 1 N–H and O–H groups in total. The Morgan fingerprint density at radius 1 is 1.50 bits per heavy atom. The number of hydrogen-bond donors (Lipinski definition) is 1. The number of nitrogens with zero attached hydrogens (tertiary/aromatic N) is 2. The van der Waals surface area contributed by atoms with Gasteiger partial charge >= 0.3 is 6.09 Å². The summed E-state index contributed by atoms with van der Waals surface area (Å²) < 4.78 is 5.22. The van der Waals surface area contributed by atoms with Crippen molar-refractivity contribution in [3.05, 3.63) is 23.4 Å². The van der Waals surface area contributed by atoms with Gasteiger partial charge in [0, 0.05) is 43.5 Å². The highest BCUT2D eigenvalue weighted by Crippen LogP contribution is 2.15. The van der Waals surface area contributed by atoms with Crippen LogP contribution in [0.15, 0.2) is 12.3 Å². The maximum atomic E-state index is 11.8. The molecule has 0 radical (unpaired) electrons. The van der Waals surface area contributed by atoms with Gasteiger partial charge < -0.3 is 15.0 Å². The third-order valence-corrected chi connectivity index (χ3v) is 2.75. The van der Waals surface area contributed by atoms with Crippen LogP contribution in [0.1, 0.15) is 15.9 Å². The highest BCUT2D eigenvalue weighted by molar-refractivity contribution is 5.75. The number of piperazine rings is 1. The molecule has 1 aromatic rings. The Labute approximate surface area is 105 Å². The Balaban J connectivity index is 2.04. The van der Waals surface area contributed by atoms with Crippen LogP contribution in [0.5, 0.6) is 5.88 Å². The van der Waals surface area contributed by atoms with Crippen LogP contribution in [-0.4, -0.2) is 48.4 Å². The van der Waals surface area contributed by atoms with Crippen LogP contribution in [0, 0.1) is 6.92 Å². The molecule has 6 nitrogen and oxygen atoms in total. The summed E-state index contributed by atoms with van der Waals surface area (Å²) in [6.07, 6.45) is 1.70. The Bertz CT molecular complexity index is 456. The zero-order valence-electron chi connectivity index (χ0n) is 10.2. The molecule has 1 fully saturated rings. The number of hydrogen-bond acceptors (Lipinski definition) is 5. The number of rotatable bonds is 2. The second-order valence-electron chi connectivity index (χ2n) is 4.11. The van der Waals surface area contributed by atoms with Crippen molar-refractivity contribution in [1.82, 2.24) is 15.2 Å². The lowest BCUT2D eigenvalue weighted by molar-refractivity contribution is 0.112. The summed E-state index contributed by atoms with van der Waals surface area (Å²) in [5.41, 5.74) is 1.14. The van der Waals surface area contributed by atoms with Crippen molar-refractivity contribution < 1.29 is 14.3 Å². The molecule has 18 heavy (non-hydrogen) atoms. The molecule has 0 saturated carbocycles. The molecule has 2 rings (SSSR count). The summed E-state index contributed by atoms with van der Waals surface area (Å²) in [5.74, 6) is 0.254. The van der Waals surface area contributed by atoms with Gasteiger partial charge in [-0.25, -0.2) is 9.78 Å². The average Bonchev–Trinajstić information content (AvgIpc) is 2.42. The second-order valence-corrected chi connectivity index (χ2v) is 4.11. The Morgan fingerprint density at radius 3 is 2.83 bits per heavy atom. The van der Waals surface area contributed by atoms with Crippen LogP contribution in [0.2, 0.25) is 0 Å². The van der Waals surface area contributed by atoms with E-state index in [1.807, 2.05) is 0 Å². The predicted octanol–water partition coefficient (Wildman–Crippen LogP) is 0.607. The van der Waals surface area contributed by atoms with E-state index in [1.165, 1.54) is 6.20 Å². The molecule has 0 aliphatic carbocycles. The number of carbonyl (C=O) groups excluding carboxylic acids is 2. The van der Waals surface area contributed by atoms with E-state index >= 15 is 0 Å². The number of pyridine rings is 1. The van der Waals surface area contributed by atoms with Gasteiger partial charge in [-0.1, -0.05) is 0 Å². The van der Waals surface area contributed by atoms with Crippen molar-refractivity contribution in [1.29, 1.82) is 0 Å². The maximum absolute atomic E-state index is 11.8. The number of carbonyl (C=O) groups is 2. The van der Waals surface area contributed by atoms with Gasteiger partial charge in [0.05, 0.1) is 0 Å². The lowest BCUT2D eigenvalue weighted by atomic mass is 10.2. The van der Waals surface area contributed by atoms with E-state index in [4.69, 9.17) is 4.74 Å². The van der Waals surface area contributed by atoms with Crippen molar-refractivity contribution in [3.8, 4) is 5.88 Å². The van der Waals surface area contributed by atoms with Crippen LogP contribution >= 0.6 is 0 Å². The molecule has 1 amide bonds. The minimum atomic E-state index is -0.397. The Hall–Kier alpha value is -1.95. The lowest BCUT2D eigenvalue weighted by Gasteiger charge is -2.26. The van der Waals surface area contributed by atoms with Gasteiger partial charge in [-0.15, -0.1) is 0 Å². The molecule has 2 heterocycles. The number of aldehydes is 1. The molecule has 0 spiro atoms. The van der Waals surface area contributed by atoms with Gasteiger partial charge in [-0.3, -0.25) is 4.79 Å². The van der Waals surface area contributed by atoms with E-state index in [1.54, 1.807) is 17.9 Å². The van der Waals surface area contributed by atoms with E-state index in [-0.39, 0.29) is 5.88 Å². The normalized spacial score (nSPS) is 15.3. The maximum Gasteiger partial charge on any atom is 0.416 e. The van der Waals surface area contributed by atoms with Crippen LogP contribution < -0.4 is 10.1 Å². The summed E-state index contributed by atoms with van der Waals surface area (Å²) in [4.78, 5) is 28.0. The van der Waals surface area contributed by atoms with Gasteiger partial charge in [-0.2, -0.15) is 0 Å². The fraction of sp³-hybridized carbons (Fsp3) is 0.417. The van der Waals surface area contributed by atoms with Crippen LogP contribution in [-0.2, 0) is 0 Å². The smallest absolute Gasteiger partial charge is 0.391 e. The quantitative estimate of drug-likeness (QED) is 0.777. The minimum absolute atomic E-state index is 0.254. The molecule has 0 unspecified atom stereocenters. The summed E-state index contributed by atoms with van der Waals surface area (Å²) in [5, 5.41) is 3.16. The molecule has 6 heteroatoms. The Morgan fingerprint density at radius 2 is 2.22 bits per heavy atom. The predicted molar refractivity (Wildman–Crippen MR) is 64.8 cm³/mol. The van der Waals surface area contributed by atoms with E-state index in [2.05, 4.69) is 10.3 Å². The largest absolute Gasteiger partial charge is 0.416 e. The zero-order valence-corrected chi connectivity index (χ0v) is 10.2. The number of aromatic nitrogens is 1. The van der Waals surface area contributed by atoms with Gasteiger partial charge in [-0.05, 0) is 13.0 Å².